The highest BCUT2D eigenvalue weighted by atomic mass is 35.5. The maximum absolute atomic E-state index is 13.2. The summed E-state index contributed by atoms with van der Waals surface area (Å²) in [7, 11) is 0. The lowest BCUT2D eigenvalue weighted by Gasteiger charge is -2.50. The molecular weight excluding hydrogens is 736 g/mol. The highest BCUT2D eigenvalue weighted by Gasteiger charge is 2.57. The Kier molecular flexibility index (Phi) is 14.2. The van der Waals surface area contributed by atoms with Gasteiger partial charge in [0.05, 0.1) is 39.6 Å². The van der Waals surface area contributed by atoms with Crippen LogP contribution in [0.3, 0.4) is 0 Å². The fourth-order valence-electron chi connectivity index (χ4n) is 7.11. The van der Waals surface area contributed by atoms with E-state index in [1.54, 1.807) is 12.1 Å². The molecule has 1 saturated heterocycles. The van der Waals surface area contributed by atoms with Crippen molar-refractivity contribution in [2.75, 3.05) is 13.2 Å². The molecule has 0 spiro atoms. The Morgan fingerprint density at radius 1 is 0.579 bits per heavy atom. The van der Waals surface area contributed by atoms with Gasteiger partial charge in [0.25, 0.3) is 0 Å². The number of rotatable bonds is 18. The molecule has 1 fully saturated rings. The average Bonchev–Trinajstić information content (AvgIpc) is 3.25. The van der Waals surface area contributed by atoms with Crippen LogP contribution < -0.4 is 4.74 Å². The minimum atomic E-state index is -2.01. The van der Waals surface area contributed by atoms with Gasteiger partial charge in [-0.3, -0.25) is 0 Å². The highest BCUT2D eigenvalue weighted by molar-refractivity contribution is 6.31. The van der Waals surface area contributed by atoms with Crippen molar-refractivity contribution < 1.29 is 33.5 Å². The first-order valence-corrected chi connectivity index (χ1v) is 19.9. The van der Waals surface area contributed by atoms with Gasteiger partial charge in [-0.2, -0.15) is 0 Å². The molecule has 1 aliphatic rings. The number of aliphatic hydroxyl groups is 1. The lowest BCUT2D eigenvalue weighted by Crippen LogP contribution is -2.65. The second kappa shape index (κ2) is 20.0. The predicted octanol–water partition coefficient (Wildman–Crippen LogP) is 9.85. The lowest BCUT2D eigenvalue weighted by molar-refractivity contribution is -0.378. The molecule has 0 aliphatic carbocycles. The third-order valence-electron chi connectivity index (χ3n) is 10.0. The Labute approximate surface area is 340 Å². The second-order valence-electron chi connectivity index (χ2n) is 14.2. The fraction of sp³-hybridized carbons (Fsp3) is 0.265. The van der Waals surface area contributed by atoms with E-state index in [0.717, 1.165) is 39.1 Å². The monoisotopic (exact) mass is 784 g/mol. The van der Waals surface area contributed by atoms with Crippen LogP contribution in [-0.4, -0.2) is 42.7 Å². The molecule has 57 heavy (non-hydrogen) atoms. The molecule has 5 atom stereocenters. The first-order valence-electron chi connectivity index (χ1n) is 19.5. The smallest absolute Gasteiger partial charge is 0.222 e. The minimum absolute atomic E-state index is 0.111. The van der Waals surface area contributed by atoms with Gasteiger partial charge >= 0.3 is 0 Å². The van der Waals surface area contributed by atoms with Crippen molar-refractivity contribution in [3.63, 3.8) is 0 Å². The van der Waals surface area contributed by atoms with E-state index in [2.05, 4.69) is 0 Å². The molecule has 8 heteroatoms. The van der Waals surface area contributed by atoms with Gasteiger partial charge in [0, 0.05) is 10.6 Å². The largest absolute Gasteiger partial charge is 0.494 e. The van der Waals surface area contributed by atoms with E-state index >= 15 is 0 Å². The number of ether oxygens (including phenoxy) is 6. The summed E-state index contributed by atoms with van der Waals surface area (Å²) in [5, 5.41) is 13.8. The van der Waals surface area contributed by atoms with E-state index in [1.807, 2.05) is 159 Å². The Morgan fingerprint density at radius 2 is 1.09 bits per heavy atom. The molecule has 1 N–H and O–H groups in total. The maximum Gasteiger partial charge on any atom is 0.222 e. The first kappa shape index (κ1) is 40.4. The number of benzene rings is 6. The molecule has 6 aromatic carbocycles. The molecule has 0 amide bonds. The Bertz CT molecular complexity index is 2080. The summed E-state index contributed by atoms with van der Waals surface area (Å²) in [6, 6.07) is 53.2. The normalized spacial score (nSPS) is 20.6. The van der Waals surface area contributed by atoms with Crippen LogP contribution in [-0.2, 0) is 62.3 Å². The van der Waals surface area contributed by atoms with E-state index in [9.17, 15) is 5.11 Å². The maximum atomic E-state index is 13.2. The van der Waals surface area contributed by atoms with Crippen molar-refractivity contribution >= 4 is 11.6 Å². The van der Waals surface area contributed by atoms with Crippen LogP contribution in [0.4, 0.5) is 0 Å². The summed E-state index contributed by atoms with van der Waals surface area (Å²) in [5.41, 5.74) is 6.25. The van der Waals surface area contributed by atoms with Crippen LogP contribution in [0.1, 0.15) is 45.9 Å². The molecule has 1 aliphatic heterocycles. The number of halogens is 1. The van der Waals surface area contributed by atoms with E-state index in [1.165, 1.54) is 0 Å². The summed E-state index contributed by atoms with van der Waals surface area (Å²) < 4.78 is 39.4. The summed E-state index contributed by atoms with van der Waals surface area (Å²) >= 11 is 6.87. The van der Waals surface area contributed by atoms with Crippen LogP contribution in [0, 0.1) is 0 Å². The van der Waals surface area contributed by atoms with Crippen LogP contribution in [0.5, 0.6) is 5.75 Å². The molecule has 294 valence electrons. The molecular formula is C49H49ClO7. The van der Waals surface area contributed by atoms with Gasteiger partial charge in [-0.15, -0.1) is 0 Å². The van der Waals surface area contributed by atoms with E-state index < -0.39 is 30.2 Å². The standard InChI is InChI=1S/C49H49ClO7/c1-2-53-43-26-23-36(24-27-43)29-41-30-42(25-28-44(41)50)49(51)48(56-34-40-21-13-6-14-22-40)47(55-33-39-19-11-5-12-20-39)46(54-32-38-17-9-4-10-18-38)45(57-49)35-52-31-37-15-7-3-8-16-37/h3-28,30,45-48,51H,2,29,31-35H2,1H3/t45-,46-,47+,48-,49?/m1/s1. The van der Waals surface area contributed by atoms with Crippen LogP contribution in [0.2, 0.25) is 5.02 Å². The molecule has 0 aromatic heterocycles. The van der Waals surface area contributed by atoms with Crippen LogP contribution >= 0.6 is 11.6 Å². The lowest BCUT2D eigenvalue weighted by atomic mass is 9.86. The molecule has 7 nitrogen and oxygen atoms in total. The van der Waals surface area contributed by atoms with Crippen molar-refractivity contribution in [3.8, 4) is 5.75 Å². The van der Waals surface area contributed by atoms with Gasteiger partial charge < -0.3 is 33.5 Å². The van der Waals surface area contributed by atoms with Crippen LogP contribution in [0.25, 0.3) is 0 Å². The van der Waals surface area contributed by atoms with Crippen molar-refractivity contribution in [2.24, 2.45) is 0 Å². The summed E-state index contributed by atoms with van der Waals surface area (Å²) in [5.74, 6) is -1.21. The zero-order valence-electron chi connectivity index (χ0n) is 32.1. The molecule has 0 bridgehead atoms. The Morgan fingerprint density at radius 3 is 1.63 bits per heavy atom. The van der Waals surface area contributed by atoms with Crippen LogP contribution in [0.15, 0.2) is 164 Å². The summed E-state index contributed by atoms with van der Waals surface area (Å²) in [6.07, 6.45) is -2.82. The van der Waals surface area contributed by atoms with Crippen molar-refractivity contribution in [1.82, 2.24) is 0 Å². The van der Waals surface area contributed by atoms with Gasteiger partial charge in [-0.25, -0.2) is 0 Å². The number of hydrogen-bond donors (Lipinski definition) is 1. The zero-order valence-corrected chi connectivity index (χ0v) is 32.9. The van der Waals surface area contributed by atoms with Crippen molar-refractivity contribution in [2.45, 2.75) is 70.0 Å². The molecule has 6 aromatic rings. The molecule has 7 rings (SSSR count). The second-order valence-corrected chi connectivity index (χ2v) is 14.6. The van der Waals surface area contributed by atoms with Gasteiger partial charge in [0.1, 0.15) is 30.2 Å². The fourth-order valence-corrected chi connectivity index (χ4v) is 7.29. The number of hydrogen-bond acceptors (Lipinski definition) is 7. The Hall–Kier alpha value is -4.83. The third-order valence-corrected chi connectivity index (χ3v) is 10.4. The topological polar surface area (TPSA) is 75.6 Å². The Balaban J connectivity index is 1.28. The quantitative estimate of drug-likeness (QED) is 0.0931. The molecule has 1 heterocycles. The third kappa shape index (κ3) is 10.8. The molecule has 1 unspecified atom stereocenters. The van der Waals surface area contributed by atoms with Gasteiger partial charge in [0.2, 0.25) is 5.79 Å². The van der Waals surface area contributed by atoms with Gasteiger partial charge in [-0.05, 0) is 71.0 Å². The molecule has 0 radical (unpaired) electrons. The van der Waals surface area contributed by atoms with E-state index in [0.29, 0.717) is 30.2 Å². The van der Waals surface area contributed by atoms with Crippen molar-refractivity contribution in [1.29, 1.82) is 0 Å². The van der Waals surface area contributed by atoms with Gasteiger partial charge in [-0.1, -0.05) is 151 Å². The summed E-state index contributed by atoms with van der Waals surface area (Å²) in [6.45, 7) is 3.73. The average molecular weight is 785 g/mol. The predicted molar refractivity (Wildman–Crippen MR) is 222 cm³/mol. The summed E-state index contributed by atoms with van der Waals surface area (Å²) in [4.78, 5) is 0. The SMILES string of the molecule is CCOc1ccc(Cc2cc(C3(O)O[C@H](COCc4ccccc4)[C@@H](OCc4ccccc4)[C@H](OCc4ccccc4)[C@H]3OCc3ccccc3)ccc2Cl)cc1. The van der Waals surface area contributed by atoms with Gasteiger partial charge in [0.15, 0.2) is 0 Å². The van der Waals surface area contributed by atoms with E-state index in [-0.39, 0.29) is 26.4 Å². The zero-order chi connectivity index (χ0) is 39.3. The molecule has 0 saturated carbocycles. The van der Waals surface area contributed by atoms with E-state index in [4.69, 9.17) is 40.0 Å². The van der Waals surface area contributed by atoms with Crippen molar-refractivity contribution in [3.05, 3.63) is 208 Å². The minimum Gasteiger partial charge on any atom is -0.494 e. The highest BCUT2D eigenvalue weighted by Crippen LogP contribution is 2.43. The first-order chi connectivity index (χ1) is 28.0.